The van der Waals surface area contributed by atoms with Gasteiger partial charge in [-0.2, -0.15) is 5.10 Å². The van der Waals surface area contributed by atoms with Crippen LogP contribution >= 0.6 is 11.3 Å². The van der Waals surface area contributed by atoms with Crippen LogP contribution in [0.3, 0.4) is 0 Å². The van der Waals surface area contributed by atoms with E-state index in [1.165, 1.54) is 22.2 Å². The van der Waals surface area contributed by atoms with E-state index in [0.717, 1.165) is 11.3 Å². The number of hydrogen-bond donors (Lipinski definition) is 1. The summed E-state index contributed by atoms with van der Waals surface area (Å²) in [5.74, 6) is -1.05. The van der Waals surface area contributed by atoms with E-state index in [1.54, 1.807) is 13.8 Å². The van der Waals surface area contributed by atoms with E-state index in [1.807, 2.05) is 0 Å². The third-order valence-electron chi connectivity index (χ3n) is 2.61. The number of aryl methyl sites for hydroxylation is 1. The third-order valence-corrected chi connectivity index (χ3v) is 3.37. The lowest BCUT2D eigenvalue weighted by Gasteiger charge is -2.04. The molecule has 0 unspecified atom stereocenters. The number of carbonyl (C=O) groups is 2. The lowest BCUT2D eigenvalue weighted by molar-refractivity contribution is 0.0520. The lowest BCUT2D eigenvalue weighted by Crippen LogP contribution is -2.25. The second-order valence-corrected chi connectivity index (χ2v) is 4.94. The maximum atomic E-state index is 12.1. The Labute approximate surface area is 129 Å². The number of aromatic nitrogens is 3. The molecule has 9 heteroatoms. The predicted molar refractivity (Wildman–Crippen MR) is 80.2 cm³/mol. The van der Waals surface area contributed by atoms with Gasteiger partial charge >= 0.3 is 5.97 Å². The van der Waals surface area contributed by atoms with Crippen molar-refractivity contribution >= 4 is 28.3 Å². The molecular weight excluding hydrogens is 308 g/mol. The zero-order chi connectivity index (χ0) is 16.1. The maximum Gasteiger partial charge on any atom is 0.357 e. The van der Waals surface area contributed by atoms with Gasteiger partial charge in [-0.15, -0.1) is 11.3 Å². The van der Waals surface area contributed by atoms with Crippen molar-refractivity contribution in [2.45, 2.75) is 20.4 Å². The minimum atomic E-state index is -0.545. The fourth-order valence-electron chi connectivity index (χ4n) is 1.59. The summed E-state index contributed by atoms with van der Waals surface area (Å²) in [4.78, 5) is 39.0. The van der Waals surface area contributed by atoms with E-state index < -0.39 is 11.9 Å². The molecule has 0 atom stereocenters. The smallest absolute Gasteiger partial charge is 0.357 e. The van der Waals surface area contributed by atoms with E-state index in [-0.39, 0.29) is 28.7 Å². The van der Waals surface area contributed by atoms with Crippen LogP contribution in [0, 0.1) is 0 Å². The molecule has 0 radical (unpaired) electrons. The van der Waals surface area contributed by atoms with Gasteiger partial charge in [-0.05, 0) is 19.9 Å². The first-order chi connectivity index (χ1) is 10.5. The Kier molecular flexibility index (Phi) is 4.99. The largest absolute Gasteiger partial charge is 0.461 e. The molecular formula is C13H14N4O4S. The van der Waals surface area contributed by atoms with Crippen LogP contribution < -0.4 is 10.9 Å². The van der Waals surface area contributed by atoms with Crippen LogP contribution in [-0.2, 0) is 11.3 Å². The Morgan fingerprint density at radius 2 is 2.09 bits per heavy atom. The molecule has 0 saturated carbocycles. The van der Waals surface area contributed by atoms with Crippen molar-refractivity contribution in [2.75, 3.05) is 11.9 Å². The van der Waals surface area contributed by atoms with Crippen molar-refractivity contribution in [2.24, 2.45) is 0 Å². The topological polar surface area (TPSA) is 103 Å². The van der Waals surface area contributed by atoms with Gasteiger partial charge in [0.1, 0.15) is 5.69 Å². The summed E-state index contributed by atoms with van der Waals surface area (Å²) in [5.41, 5.74) is -0.0548. The van der Waals surface area contributed by atoms with Gasteiger partial charge in [0.15, 0.2) is 10.8 Å². The summed E-state index contributed by atoms with van der Waals surface area (Å²) in [6.45, 7) is 4.06. The molecule has 116 valence electrons. The number of amides is 1. The molecule has 2 rings (SSSR count). The first-order valence-electron chi connectivity index (χ1n) is 6.57. The highest BCUT2D eigenvalue weighted by molar-refractivity contribution is 7.14. The zero-order valence-corrected chi connectivity index (χ0v) is 12.8. The summed E-state index contributed by atoms with van der Waals surface area (Å²) in [6.07, 6.45) is 0. The molecule has 1 N–H and O–H groups in total. The highest BCUT2D eigenvalue weighted by Crippen LogP contribution is 2.16. The van der Waals surface area contributed by atoms with E-state index in [2.05, 4.69) is 15.4 Å². The van der Waals surface area contributed by atoms with Crippen LogP contribution in [0.1, 0.15) is 34.8 Å². The van der Waals surface area contributed by atoms with Crippen LogP contribution in [0.15, 0.2) is 22.3 Å². The van der Waals surface area contributed by atoms with Gasteiger partial charge in [-0.3, -0.25) is 14.9 Å². The summed E-state index contributed by atoms with van der Waals surface area (Å²) < 4.78 is 6.00. The Morgan fingerprint density at radius 1 is 1.32 bits per heavy atom. The molecule has 0 fully saturated rings. The highest BCUT2D eigenvalue weighted by atomic mass is 32.1. The minimum absolute atomic E-state index is 0.0920. The van der Waals surface area contributed by atoms with Gasteiger partial charge in [0.2, 0.25) is 0 Å². The van der Waals surface area contributed by atoms with Crippen molar-refractivity contribution in [1.29, 1.82) is 0 Å². The Morgan fingerprint density at radius 3 is 2.77 bits per heavy atom. The molecule has 0 aliphatic heterocycles. The minimum Gasteiger partial charge on any atom is -0.461 e. The standard InChI is InChI=1S/C13H14N4O4S/c1-3-17-10(18)6-5-8(16-17)11(19)15-13-14-9(7-22-13)12(20)21-4-2/h5-7H,3-4H2,1-2H3,(H,14,15,19). The second-order valence-electron chi connectivity index (χ2n) is 4.09. The average Bonchev–Trinajstić information content (AvgIpc) is 2.96. The van der Waals surface area contributed by atoms with E-state index in [4.69, 9.17) is 4.74 Å². The van der Waals surface area contributed by atoms with E-state index in [0.29, 0.717) is 6.54 Å². The number of nitrogens with zero attached hydrogens (tertiary/aromatic N) is 3. The van der Waals surface area contributed by atoms with Gasteiger partial charge in [0, 0.05) is 18.0 Å². The normalized spacial score (nSPS) is 10.3. The Hall–Kier alpha value is -2.55. The molecule has 8 nitrogen and oxygen atoms in total. The summed E-state index contributed by atoms with van der Waals surface area (Å²) >= 11 is 1.10. The number of hydrogen-bond acceptors (Lipinski definition) is 7. The Bertz CT molecular complexity index is 752. The first kappa shape index (κ1) is 15.8. The van der Waals surface area contributed by atoms with Crippen molar-refractivity contribution in [3.63, 3.8) is 0 Å². The van der Waals surface area contributed by atoms with Gasteiger partial charge in [-0.1, -0.05) is 0 Å². The number of ether oxygens (including phenoxy) is 1. The number of anilines is 1. The number of esters is 1. The van der Waals surface area contributed by atoms with Crippen molar-refractivity contribution < 1.29 is 14.3 Å². The number of rotatable bonds is 5. The van der Waals surface area contributed by atoms with E-state index >= 15 is 0 Å². The first-order valence-corrected chi connectivity index (χ1v) is 7.45. The van der Waals surface area contributed by atoms with Crippen LogP contribution in [0.25, 0.3) is 0 Å². The monoisotopic (exact) mass is 322 g/mol. The van der Waals surface area contributed by atoms with Crippen molar-refractivity contribution in [3.8, 4) is 0 Å². The molecule has 0 aliphatic carbocycles. The quantitative estimate of drug-likeness (QED) is 0.828. The molecule has 0 aliphatic rings. The van der Waals surface area contributed by atoms with Crippen molar-refractivity contribution in [1.82, 2.24) is 14.8 Å². The number of nitrogens with one attached hydrogen (secondary N) is 1. The number of carbonyl (C=O) groups excluding carboxylic acids is 2. The molecule has 0 saturated heterocycles. The molecule has 2 aromatic rings. The second kappa shape index (κ2) is 6.94. The summed E-state index contributed by atoms with van der Waals surface area (Å²) in [6, 6.07) is 2.61. The van der Waals surface area contributed by atoms with Gasteiger partial charge < -0.3 is 4.74 Å². The van der Waals surface area contributed by atoms with Gasteiger partial charge in [0.05, 0.1) is 6.61 Å². The number of thiazole rings is 1. The van der Waals surface area contributed by atoms with Crippen LogP contribution in [0.2, 0.25) is 0 Å². The fraction of sp³-hybridized carbons (Fsp3) is 0.308. The fourth-order valence-corrected chi connectivity index (χ4v) is 2.26. The van der Waals surface area contributed by atoms with Crippen LogP contribution in [-0.4, -0.2) is 33.2 Å². The van der Waals surface area contributed by atoms with Crippen LogP contribution in [0.5, 0.6) is 0 Å². The predicted octanol–water partition coefficient (Wildman–Crippen LogP) is 1.15. The lowest BCUT2D eigenvalue weighted by atomic mass is 10.3. The molecule has 0 aromatic carbocycles. The molecule has 2 aromatic heterocycles. The summed E-state index contributed by atoms with van der Waals surface area (Å²) in [7, 11) is 0. The van der Waals surface area contributed by atoms with E-state index in [9.17, 15) is 14.4 Å². The Balaban J connectivity index is 2.12. The highest BCUT2D eigenvalue weighted by Gasteiger charge is 2.15. The average molecular weight is 322 g/mol. The molecule has 0 spiro atoms. The molecule has 22 heavy (non-hydrogen) atoms. The van der Waals surface area contributed by atoms with Crippen molar-refractivity contribution in [3.05, 3.63) is 39.3 Å². The molecule has 1 amide bonds. The molecule has 0 bridgehead atoms. The SMILES string of the molecule is CCOC(=O)c1csc(NC(=O)c2ccc(=O)n(CC)n2)n1. The van der Waals surface area contributed by atoms with Crippen LogP contribution in [0.4, 0.5) is 5.13 Å². The molecule has 2 heterocycles. The zero-order valence-electron chi connectivity index (χ0n) is 12.0. The van der Waals surface area contributed by atoms with Gasteiger partial charge in [-0.25, -0.2) is 14.5 Å². The third kappa shape index (κ3) is 3.55. The summed E-state index contributed by atoms with van der Waals surface area (Å²) in [5, 5.41) is 8.21. The van der Waals surface area contributed by atoms with Gasteiger partial charge in [0.25, 0.3) is 11.5 Å². The maximum absolute atomic E-state index is 12.1.